The minimum Gasteiger partial charge on any atom is -0.297 e. The van der Waals surface area contributed by atoms with Crippen molar-refractivity contribution >= 4 is 11.6 Å². The Kier molecular flexibility index (Phi) is 4.57. The van der Waals surface area contributed by atoms with Crippen LogP contribution >= 0.6 is 0 Å². The Morgan fingerprint density at radius 1 is 0.773 bits per heavy atom. The maximum Gasteiger partial charge on any atom is 0.193 e. The van der Waals surface area contributed by atoms with Crippen LogP contribution in [0.5, 0.6) is 0 Å². The van der Waals surface area contributed by atoms with E-state index in [4.69, 9.17) is 0 Å². The topological polar surface area (TPSA) is 37.4 Å². The number of rotatable bonds is 5. The molecule has 0 spiro atoms. The third kappa shape index (κ3) is 3.15. The van der Waals surface area contributed by atoms with Crippen molar-refractivity contribution < 1.29 is 9.59 Å². The van der Waals surface area contributed by atoms with Crippen LogP contribution in [0.25, 0.3) is 0 Å². The lowest BCUT2D eigenvalue weighted by atomic mass is 9.91. The number of ketones is 2. The van der Waals surface area contributed by atoms with Gasteiger partial charge in [0.1, 0.15) is 0 Å². The summed E-state index contributed by atoms with van der Waals surface area (Å²) < 4.78 is 0. The van der Waals surface area contributed by atoms with Crippen LogP contribution in [-0.4, -0.2) is 36.1 Å². The Morgan fingerprint density at radius 3 is 1.73 bits per heavy atom. The molecule has 0 atom stereocenters. The van der Waals surface area contributed by atoms with E-state index in [1.807, 2.05) is 51.0 Å². The molecule has 0 saturated carbocycles. The lowest BCUT2D eigenvalue weighted by molar-refractivity contribution is 0.0755. The van der Waals surface area contributed by atoms with Crippen LogP contribution in [0, 0.1) is 0 Å². The van der Waals surface area contributed by atoms with E-state index in [9.17, 15) is 9.59 Å². The Morgan fingerprint density at radius 2 is 1.23 bits per heavy atom. The summed E-state index contributed by atoms with van der Waals surface area (Å²) >= 11 is 0. The van der Waals surface area contributed by atoms with E-state index in [1.165, 1.54) is 0 Å². The predicted molar refractivity (Wildman–Crippen MR) is 88.4 cm³/mol. The molecule has 0 fully saturated rings. The molecule has 2 aromatic rings. The molecule has 0 aliphatic carbocycles. The monoisotopic (exact) mass is 295 g/mol. The van der Waals surface area contributed by atoms with Crippen molar-refractivity contribution in [1.82, 2.24) is 4.90 Å². The summed E-state index contributed by atoms with van der Waals surface area (Å²) in [4.78, 5) is 26.8. The zero-order valence-corrected chi connectivity index (χ0v) is 13.5. The summed E-state index contributed by atoms with van der Waals surface area (Å²) in [5.41, 5.74) is 1.27. The summed E-state index contributed by atoms with van der Waals surface area (Å²) in [7, 11) is 3.76. The lowest BCUT2D eigenvalue weighted by Gasteiger charge is -2.30. The van der Waals surface area contributed by atoms with Crippen molar-refractivity contribution in [3.8, 4) is 0 Å². The maximum absolute atomic E-state index is 12.5. The van der Waals surface area contributed by atoms with Crippen molar-refractivity contribution in [3.05, 3.63) is 71.3 Å². The van der Waals surface area contributed by atoms with Gasteiger partial charge in [0, 0.05) is 16.7 Å². The number of likely N-dealkylation sites (N-methyl/N-ethyl adjacent to an activating group) is 1. The highest BCUT2D eigenvalue weighted by atomic mass is 16.1. The highest BCUT2D eigenvalue weighted by Gasteiger charge is 2.30. The van der Waals surface area contributed by atoms with Gasteiger partial charge in [0.2, 0.25) is 0 Å². The van der Waals surface area contributed by atoms with Gasteiger partial charge in [0.05, 0.1) is 5.54 Å². The van der Waals surface area contributed by atoms with Gasteiger partial charge in [-0.05, 0) is 27.9 Å². The standard InChI is InChI=1S/C19H21NO2/c1-19(2,20(3)4)18(22)16-12-10-15(11-13-16)17(21)14-8-6-5-7-9-14/h5-13H,1-4H3. The molecule has 3 heteroatoms. The van der Waals surface area contributed by atoms with Gasteiger partial charge in [-0.15, -0.1) is 0 Å². The maximum atomic E-state index is 12.5. The van der Waals surface area contributed by atoms with Gasteiger partial charge < -0.3 is 0 Å². The number of benzene rings is 2. The molecule has 0 bridgehead atoms. The first-order valence-corrected chi connectivity index (χ1v) is 7.26. The van der Waals surface area contributed by atoms with Crippen molar-refractivity contribution in [2.24, 2.45) is 0 Å². The van der Waals surface area contributed by atoms with Crippen molar-refractivity contribution in [1.29, 1.82) is 0 Å². The quantitative estimate of drug-likeness (QED) is 0.793. The van der Waals surface area contributed by atoms with Gasteiger partial charge in [-0.1, -0.05) is 54.6 Å². The first-order chi connectivity index (χ1) is 10.3. The summed E-state index contributed by atoms with van der Waals surface area (Å²) in [5.74, 6) is 0.00248. The number of nitrogens with zero attached hydrogens (tertiary/aromatic N) is 1. The Bertz CT molecular complexity index is 670. The van der Waals surface area contributed by atoms with Gasteiger partial charge in [-0.25, -0.2) is 0 Å². The van der Waals surface area contributed by atoms with Crippen LogP contribution in [-0.2, 0) is 0 Å². The second kappa shape index (κ2) is 6.24. The summed E-state index contributed by atoms with van der Waals surface area (Å²) in [6.45, 7) is 3.77. The summed E-state index contributed by atoms with van der Waals surface area (Å²) in [6, 6.07) is 16.0. The van der Waals surface area contributed by atoms with E-state index in [0.717, 1.165) is 0 Å². The molecule has 2 rings (SSSR count). The second-order valence-corrected chi connectivity index (χ2v) is 6.06. The van der Waals surface area contributed by atoms with Crippen LogP contribution in [0.15, 0.2) is 54.6 Å². The number of hydrogen-bond donors (Lipinski definition) is 0. The third-order valence-electron chi connectivity index (χ3n) is 4.12. The minimum absolute atomic E-state index is 0.0357. The third-order valence-corrected chi connectivity index (χ3v) is 4.12. The SMILES string of the molecule is CN(C)C(C)(C)C(=O)c1ccc(C(=O)c2ccccc2)cc1. The molecule has 0 saturated heterocycles. The molecule has 22 heavy (non-hydrogen) atoms. The highest BCUT2D eigenvalue weighted by molar-refractivity contribution is 6.10. The van der Waals surface area contributed by atoms with E-state index in [1.54, 1.807) is 36.4 Å². The average molecular weight is 295 g/mol. The van der Waals surface area contributed by atoms with Gasteiger partial charge in [-0.2, -0.15) is 0 Å². The van der Waals surface area contributed by atoms with Crippen molar-refractivity contribution in [2.75, 3.05) is 14.1 Å². The molecule has 0 aromatic heterocycles. The molecule has 2 aromatic carbocycles. The molecule has 0 aliphatic rings. The summed E-state index contributed by atoms with van der Waals surface area (Å²) in [5, 5.41) is 0. The summed E-state index contributed by atoms with van der Waals surface area (Å²) in [6.07, 6.45) is 0. The largest absolute Gasteiger partial charge is 0.297 e. The van der Waals surface area contributed by atoms with Crippen LogP contribution in [0.2, 0.25) is 0 Å². The molecule has 114 valence electrons. The molecule has 0 unspecified atom stereocenters. The molecular formula is C19H21NO2. The Hall–Kier alpha value is -2.26. The van der Waals surface area contributed by atoms with E-state index >= 15 is 0 Å². The van der Waals surface area contributed by atoms with Gasteiger partial charge in [0.15, 0.2) is 11.6 Å². The number of carbonyl (C=O) groups excluding carboxylic acids is 2. The molecular weight excluding hydrogens is 274 g/mol. The first kappa shape index (κ1) is 16.1. The van der Waals surface area contributed by atoms with Gasteiger partial charge >= 0.3 is 0 Å². The fraction of sp³-hybridized carbons (Fsp3) is 0.263. The number of carbonyl (C=O) groups is 2. The molecule has 0 amide bonds. The Labute approximate surface area is 131 Å². The van der Waals surface area contributed by atoms with E-state index in [-0.39, 0.29) is 11.6 Å². The van der Waals surface area contributed by atoms with Gasteiger partial charge in [-0.3, -0.25) is 14.5 Å². The molecule has 0 N–H and O–H groups in total. The van der Waals surface area contributed by atoms with Crippen LogP contribution in [0.1, 0.15) is 40.1 Å². The van der Waals surface area contributed by atoms with E-state index in [0.29, 0.717) is 16.7 Å². The van der Waals surface area contributed by atoms with Gasteiger partial charge in [0.25, 0.3) is 0 Å². The number of Topliss-reactive ketones (excluding diaryl/α,β-unsaturated/α-hetero) is 1. The fourth-order valence-electron chi connectivity index (χ4n) is 2.09. The predicted octanol–water partition coefficient (Wildman–Crippen LogP) is 3.44. The van der Waals surface area contributed by atoms with Crippen molar-refractivity contribution in [3.63, 3.8) is 0 Å². The normalized spacial score (nSPS) is 11.5. The molecule has 0 heterocycles. The average Bonchev–Trinajstić information content (AvgIpc) is 2.54. The zero-order chi connectivity index (χ0) is 16.3. The second-order valence-electron chi connectivity index (χ2n) is 6.06. The van der Waals surface area contributed by atoms with Crippen LogP contribution in [0.3, 0.4) is 0 Å². The molecule has 3 nitrogen and oxygen atoms in total. The Balaban J connectivity index is 2.25. The fourth-order valence-corrected chi connectivity index (χ4v) is 2.09. The zero-order valence-electron chi connectivity index (χ0n) is 13.5. The highest BCUT2D eigenvalue weighted by Crippen LogP contribution is 2.19. The van der Waals surface area contributed by atoms with E-state index in [2.05, 4.69) is 0 Å². The number of hydrogen-bond acceptors (Lipinski definition) is 3. The molecule has 0 radical (unpaired) electrons. The van der Waals surface area contributed by atoms with Crippen LogP contribution in [0.4, 0.5) is 0 Å². The minimum atomic E-state index is -0.578. The smallest absolute Gasteiger partial charge is 0.193 e. The lowest BCUT2D eigenvalue weighted by Crippen LogP contribution is -2.45. The molecule has 0 aliphatic heterocycles. The van der Waals surface area contributed by atoms with Crippen LogP contribution < -0.4 is 0 Å². The van der Waals surface area contributed by atoms with E-state index < -0.39 is 5.54 Å². The first-order valence-electron chi connectivity index (χ1n) is 7.26. The van der Waals surface area contributed by atoms with Crippen molar-refractivity contribution in [2.45, 2.75) is 19.4 Å².